The lowest BCUT2D eigenvalue weighted by Gasteiger charge is -2.39. The number of ether oxygens (including phenoxy) is 1. The van der Waals surface area contributed by atoms with E-state index in [1.165, 1.54) is 31.0 Å². The number of rotatable bonds is 6. The molecule has 14 heteroatoms. The molecule has 2 aliphatic rings. The van der Waals surface area contributed by atoms with E-state index < -0.39 is 56.4 Å². The number of hydrogen-bond donors (Lipinski definition) is 1. The van der Waals surface area contributed by atoms with Crippen LogP contribution >= 0.6 is 0 Å². The number of sulfone groups is 1. The van der Waals surface area contributed by atoms with Gasteiger partial charge in [0.2, 0.25) is 5.88 Å². The van der Waals surface area contributed by atoms with Crippen LogP contribution in [0.15, 0.2) is 40.9 Å². The summed E-state index contributed by atoms with van der Waals surface area (Å²) in [5.74, 6) is -0.372. The molecule has 2 aliphatic heterocycles. The molecular formula is C30H27F3N4O6S. The van der Waals surface area contributed by atoms with Crippen molar-refractivity contribution in [2.24, 2.45) is 0 Å². The number of anilines is 1. The summed E-state index contributed by atoms with van der Waals surface area (Å²) in [6, 6.07) is 6.78. The van der Waals surface area contributed by atoms with Crippen LogP contribution in [0.25, 0.3) is 22.1 Å². The SMILES string of the molecule is C#Cc1cnc(O[C@H]2C[C@@H](C(=O)O)N(c3nc(C(F)F)nc4c3oc3ccccc34)C2)c([C@]2(F)CCS(=O)(=O)C(C)(C)C2)c1. The van der Waals surface area contributed by atoms with Crippen molar-refractivity contribution < 1.29 is 40.6 Å². The van der Waals surface area contributed by atoms with Crippen LogP contribution in [0.3, 0.4) is 0 Å². The van der Waals surface area contributed by atoms with Crippen LogP contribution in [0.5, 0.6) is 5.88 Å². The molecule has 0 amide bonds. The molecule has 3 atom stereocenters. The Balaban J connectivity index is 1.39. The Morgan fingerprint density at radius 2 is 2.02 bits per heavy atom. The minimum absolute atomic E-state index is 0.0352. The van der Waals surface area contributed by atoms with Crippen molar-refractivity contribution in [2.45, 2.75) is 62.1 Å². The molecule has 10 nitrogen and oxygen atoms in total. The number of aromatic nitrogens is 3. The van der Waals surface area contributed by atoms with Gasteiger partial charge in [0.25, 0.3) is 6.43 Å². The summed E-state index contributed by atoms with van der Waals surface area (Å²) in [4.78, 5) is 25.9. The lowest BCUT2D eigenvalue weighted by atomic mass is 9.84. The maximum absolute atomic E-state index is 16.7. The number of carboxylic acids is 1. The van der Waals surface area contributed by atoms with E-state index in [0.29, 0.717) is 11.0 Å². The fourth-order valence-corrected chi connectivity index (χ4v) is 7.61. The first-order valence-corrected chi connectivity index (χ1v) is 15.4. The molecule has 6 rings (SSSR count). The number of terminal acetylenes is 1. The summed E-state index contributed by atoms with van der Waals surface area (Å²) in [5, 5.41) is 10.6. The van der Waals surface area contributed by atoms with E-state index in [2.05, 4.69) is 20.9 Å². The molecule has 3 aromatic heterocycles. The Kier molecular flexibility index (Phi) is 6.99. The van der Waals surface area contributed by atoms with Gasteiger partial charge < -0.3 is 19.2 Å². The summed E-state index contributed by atoms with van der Waals surface area (Å²) in [5.41, 5.74) is -1.45. The fourth-order valence-electron chi connectivity index (χ4n) is 6.02. The van der Waals surface area contributed by atoms with Crippen molar-refractivity contribution >= 4 is 43.7 Å². The summed E-state index contributed by atoms with van der Waals surface area (Å²) >= 11 is 0. The van der Waals surface area contributed by atoms with Crippen LogP contribution in [0.1, 0.15) is 56.5 Å². The zero-order chi connectivity index (χ0) is 31.6. The standard InChI is InChI=1S/C30H27F3N4O6S/c1-4-16-11-19(30(33)9-10-44(40,41)29(2,3)15-30)27(34-13-16)42-17-12-20(28(38)39)37(14-17)26-23-22(35-25(36-26)24(31)32)18-7-5-6-8-21(18)43-23/h1,5-8,11,13,17,20,24H,9-10,12,14-15H2,2-3H3,(H,38,39)/t17-,20-,30-/m0/s1. The molecule has 44 heavy (non-hydrogen) atoms. The van der Waals surface area contributed by atoms with E-state index >= 15 is 4.39 Å². The zero-order valence-corrected chi connectivity index (χ0v) is 24.4. The second-order valence-corrected chi connectivity index (χ2v) is 14.4. The monoisotopic (exact) mass is 628 g/mol. The number of halogens is 3. The maximum Gasteiger partial charge on any atom is 0.326 e. The number of hydrogen-bond acceptors (Lipinski definition) is 9. The van der Waals surface area contributed by atoms with Gasteiger partial charge in [0.1, 0.15) is 28.9 Å². The first-order chi connectivity index (χ1) is 20.7. The average molecular weight is 629 g/mol. The Morgan fingerprint density at radius 3 is 2.70 bits per heavy atom. The molecule has 0 unspecified atom stereocenters. The number of carboxylic acid groups (broad SMARTS) is 1. The Labute approximate surface area is 250 Å². The second kappa shape index (κ2) is 10.4. The molecule has 2 saturated heterocycles. The number of benzene rings is 1. The summed E-state index contributed by atoms with van der Waals surface area (Å²) < 4.78 is 80.4. The molecule has 0 saturated carbocycles. The van der Waals surface area contributed by atoms with Crippen molar-refractivity contribution in [1.29, 1.82) is 0 Å². The molecule has 0 bridgehead atoms. The number of furan rings is 1. The summed E-state index contributed by atoms with van der Waals surface area (Å²) in [7, 11) is -3.57. The van der Waals surface area contributed by atoms with Gasteiger partial charge in [-0.05, 0) is 38.5 Å². The predicted molar refractivity (Wildman–Crippen MR) is 154 cm³/mol. The third-order valence-electron chi connectivity index (χ3n) is 8.33. The first kappa shape index (κ1) is 29.7. The Hall–Kier alpha value is -4.38. The molecule has 4 aromatic rings. The minimum atomic E-state index is -3.57. The van der Waals surface area contributed by atoms with E-state index in [1.54, 1.807) is 24.3 Å². The van der Waals surface area contributed by atoms with E-state index in [4.69, 9.17) is 15.6 Å². The molecule has 0 spiro atoms. The Morgan fingerprint density at radius 1 is 1.27 bits per heavy atom. The highest BCUT2D eigenvalue weighted by molar-refractivity contribution is 7.92. The van der Waals surface area contributed by atoms with Gasteiger partial charge in [0.15, 0.2) is 27.1 Å². The highest BCUT2D eigenvalue weighted by Gasteiger charge is 2.52. The van der Waals surface area contributed by atoms with Gasteiger partial charge in [-0.25, -0.2) is 41.3 Å². The van der Waals surface area contributed by atoms with Gasteiger partial charge in [-0.2, -0.15) is 0 Å². The van der Waals surface area contributed by atoms with E-state index in [0.717, 1.165) is 0 Å². The zero-order valence-electron chi connectivity index (χ0n) is 23.6. The van der Waals surface area contributed by atoms with Crippen LogP contribution in [-0.2, 0) is 20.3 Å². The highest BCUT2D eigenvalue weighted by Crippen LogP contribution is 2.48. The lowest BCUT2D eigenvalue weighted by molar-refractivity contribution is -0.138. The largest absolute Gasteiger partial charge is 0.480 e. The number of para-hydroxylation sites is 1. The number of alkyl halides is 3. The third kappa shape index (κ3) is 4.89. The van der Waals surface area contributed by atoms with E-state index in [-0.39, 0.29) is 59.7 Å². The maximum atomic E-state index is 16.7. The van der Waals surface area contributed by atoms with Gasteiger partial charge >= 0.3 is 5.97 Å². The van der Waals surface area contributed by atoms with Gasteiger partial charge in [-0.1, -0.05) is 18.1 Å². The van der Waals surface area contributed by atoms with Crippen molar-refractivity contribution in [1.82, 2.24) is 15.0 Å². The normalized spacial score (nSPS) is 24.5. The van der Waals surface area contributed by atoms with Crippen LogP contribution < -0.4 is 9.64 Å². The number of aliphatic carboxylic acids is 1. The summed E-state index contributed by atoms with van der Waals surface area (Å²) in [6.07, 6.45) is 2.03. The van der Waals surface area contributed by atoms with Crippen molar-refractivity contribution in [3.8, 4) is 18.2 Å². The van der Waals surface area contributed by atoms with Crippen molar-refractivity contribution in [2.75, 3.05) is 17.2 Å². The summed E-state index contributed by atoms with van der Waals surface area (Å²) in [6.45, 7) is 2.75. The van der Waals surface area contributed by atoms with Gasteiger partial charge in [0.05, 0.1) is 22.6 Å². The third-order valence-corrected chi connectivity index (χ3v) is 10.9. The molecule has 1 N–H and O–H groups in total. The van der Waals surface area contributed by atoms with E-state index in [9.17, 15) is 27.1 Å². The van der Waals surface area contributed by atoms with Crippen LogP contribution in [0.2, 0.25) is 0 Å². The number of carbonyl (C=O) groups is 1. The lowest BCUT2D eigenvalue weighted by Crippen LogP contribution is -2.47. The molecule has 5 heterocycles. The second-order valence-electron chi connectivity index (χ2n) is 11.7. The molecule has 2 fully saturated rings. The fraction of sp³-hybridized carbons (Fsp3) is 0.400. The first-order valence-electron chi connectivity index (χ1n) is 13.7. The van der Waals surface area contributed by atoms with Gasteiger partial charge in [-0.15, -0.1) is 6.42 Å². The predicted octanol–water partition coefficient (Wildman–Crippen LogP) is 4.95. The minimum Gasteiger partial charge on any atom is -0.480 e. The van der Waals surface area contributed by atoms with Crippen LogP contribution in [0, 0.1) is 12.3 Å². The molecule has 230 valence electrons. The number of pyridine rings is 1. The highest BCUT2D eigenvalue weighted by atomic mass is 32.2. The smallest absolute Gasteiger partial charge is 0.326 e. The van der Waals surface area contributed by atoms with Crippen LogP contribution in [0.4, 0.5) is 19.0 Å². The topological polar surface area (TPSA) is 136 Å². The van der Waals surface area contributed by atoms with E-state index in [1.807, 2.05) is 0 Å². The number of nitrogens with zero attached hydrogens (tertiary/aromatic N) is 4. The van der Waals surface area contributed by atoms with Crippen molar-refractivity contribution in [3.63, 3.8) is 0 Å². The molecular weight excluding hydrogens is 601 g/mol. The van der Waals surface area contributed by atoms with Crippen LogP contribution in [-0.4, -0.2) is 63.6 Å². The molecule has 0 radical (unpaired) electrons. The molecule has 1 aromatic carbocycles. The van der Waals surface area contributed by atoms with Crippen molar-refractivity contribution in [3.05, 3.63) is 53.5 Å². The Bertz CT molecular complexity index is 1960. The van der Waals surface area contributed by atoms with Gasteiger partial charge in [-0.3, -0.25) is 0 Å². The molecule has 0 aliphatic carbocycles. The quantitative estimate of drug-likeness (QED) is 0.292. The average Bonchev–Trinajstić information content (AvgIpc) is 3.57. The number of fused-ring (bicyclic) bond motifs is 3. The van der Waals surface area contributed by atoms with Gasteiger partial charge in [0, 0.05) is 30.0 Å².